The molecular weight excluding hydrogens is 264 g/mol. The van der Waals surface area contributed by atoms with Crippen LogP contribution in [0.4, 0.5) is 5.69 Å². The zero-order valence-electron chi connectivity index (χ0n) is 11.5. The van der Waals surface area contributed by atoms with Crippen molar-refractivity contribution in [1.82, 2.24) is 0 Å². The third-order valence-corrected chi connectivity index (χ3v) is 2.28. The van der Waals surface area contributed by atoms with Crippen molar-refractivity contribution in [2.24, 2.45) is 5.73 Å². The Bertz CT molecular complexity index is 476. The molecule has 1 amide bonds. The zero-order chi connectivity index (χ0) is 15.0. The van der Waals surface area contributed by atoms with Gasteiger partial charge in [-0.25, -0.2) is 4.79 Å². The minimum absolute atomic E-state index is 0.0161. The summed E-state index contributed by atoms with van der Waals surface area (Å²) in [5, 5.41) is 2.57. The molecule has 0 heterocycles. The maximum atomic E-state index is 11.6. The van der Waals surface area contributed by atoms with Gasteiger partial charge in [-0.3, -0.25) is 4.79 Å². The van der Waals surface area contributed by atoms with Crippen LogP contribution in [-0.2, 0) is 14.3 Å². The summed E-state index contributed by atoms with van der Waals surface area (Å²) in [5.74, 6) is -0.526. The maximum Gasteiger partial charge on any atom is 0.338 e. The van der Waals surface area contributed by atoms with Crippen LogP contribution < -0.4 is 15.8 Å². The molecular formula is C13H18N2O5. The number of benzene rings is 1. The van der Waals surface area contributed by atoms with Crippen molar-refractivity contribution in [3.8, 4) is 5.75 Å². The van der Waals surface area contributed by atoms with Gasteiger partial charge in [0.15, 0.2) is 6.79 Å². The first-order valence-electron chi connectivity index (χ1n) is 6.05. The highest BCUT2D eigenvalue weighted by atomic mass is 16.7. The molecule has 0 aliphatic heterocycles. The molecule has 0 bridgehead atoms. The summed E-state index contributed by atoms with van der Waals surface area (Å²) in [6.45, 7) is 1.83. The Labute approximate surface area is 117 Å². The molecule has 7 nitrogen and oxygen atoms in total. The number of amides is 1. The van der Waals surface area contributed by atoms with E-state index in [2.05, 4.69) is 5.32 Å². The first kappa shape index (κ1) is 15.9. The van der Waals surface area contributed by atoms with Gasteiger partial charge in [0.05, 0.1) is 24.4 Å². The van der Waals surface area contributed by atoms with Gasteiger partial charge in [-0.05, 0) is 25.1 Å². The number of rotatable bonds is 7. The molecule has 7 heteroatoms. The molecule has 0 aliphatic rings. The molecule has 0 aromatic heterocycles. The molecule has 3 N–H and O–H groups in total. The summed E-state index contributed by atoms with van der Waals surface area (Å²) in [6.07, 6.45) is 0. The molecule has 1 aromatic rings. The number of hydrogen-bond donors (Lipinski definition) is 2. The smallest absolute Gasteiger partial charge is 0.338 e. The Balaban J connectivity index is 2.99. The summed E-state index contributed by atoms with van der Waals surface area (Å²) in [4.78, 5) is 23.0. The van der Waals surface area contributed by atoms with E-state index in [9.17, 15) is 9.59 Å². The zero-order valence-corrected chi connectivity index (χ0v) is 11.5. The van der Waals surface area contributed by atoms with E-state index in [1.807, 2.05) is 0 Å². The van der Waals surface area contributed by atoms with Gasteiger partial charge in [0.1, 0.15) is 5.75 Å². The molecule has 20 heavy (non-hydrogen) atoms. The van der Waals surface area contributed by atoms with E-state index in [-0.39, 0.29) is 25.9 Å². The minimum Gasteiger partial charge on any atom is -0.465 e. The lowest BCUT2D eigenvalue weighted by Gasteiger charge is -2.13. The van der Waals surface area contributed by atoms with E-state index < -0.39 is 5.97 Å². The molecule has 1 aromatic carbocycles. The lowest BCUT2D eigenvalue weighted by atomic mass is 10.2. The van der Waals surface area contributed by atoms with Crippen LogP contribution in [0.2, 0.25) is 0 Å². The third-order valence-electron chi connectivity index (χ3n) is 2.28. The number of ether oxygens (including phenoxy) is 3. The van der Waals surface area contributed by atoms with Crippen molar-refractivity contribution in [3.63, 3.8) is 0 Å². The highest BCUT2D eigenvalue weighted by molar-refractivity contribution is 5.95. The van der Waals surface area contributed by atoms with Crippen LogP contribution in [-0.4, -0.2) is 38.9 Å². The van der Waals surface area contributed by atoms with E-state index in [0.717, 1.165) is 0 Å². The first-order chi connectivity index (χ1) is 9.62. The lowest BCUT2D eigenvalue weighted by molar-refractivity contribution is -0.114. The van der Waals surface area contributed by atoms with E-state index in [1.165, 1.54) is 19.2 Å². The van der Waals surface area contributed by atoms with E-state index in [4.69, 9.17) is 19.9 Å². The van der Waals surface area contributed by atoms with Crippen molar-refractivity contribution < 1.29 is 23.8 Å². The topological polar surface area (TPSA) is 99.9 Å². The number of anilines is 1. The Hall–Kier alpha value is -2.12. The second kappa shape index (κ2) is 8.13. The fourth-order valence-electron chi connectivity index (χ4n) is 1.41. The second-order valence-corrected chi connectivity index (χ2v) is 3.73. The van der Waals surface area contributed by atoms with Gasteiger partial charge in [0.2, 0.25) is 5.91 Å². The van der Waals surface area contributed by atoms with E-state index in [1.54, 1.807) is 13.0 Å². The van der Waals surface area contributed by atoms with Gasteiger partial charge in [-0.2, -0.15) is 0 Å². The van der Waals surface area contributed by atoms with Crippen molar-refractivity contribution >= 4 is 17.6 Å². The fourth-order valence-corrected chi connectivity index (χ4v) is 1.41. The molecule has 0 unspecified atom stereocenters. The van der Waals surface area contributed by atoms with Crippen molar-refractivity contribution in [2.75, 3.05) is 32.4 Å². The number of carbonyl (C=O) groups is 2. The standard InChI is InChI=1S/C13H18N2O5/c1-3-19-13(17)9-4-5-10(15-12(16)7-14)11(6-9)20-8-18-2/h4-6H,3,7-8,14H2,1-2H3,(H,15,16). The van der Waals surface area contributed by atoms with Gasteiger partial charge in [0.25, 0.3) is 0 Å². The lowest BCUT2D eigenvalue weighted by Crippen LogP contribution is -2.22. The Morgan fingerprint density at radius 3 is 2.70 bits per heavy atom. The van der Waals surface area contributed by atoms with E-state index >= 15 is 0 Å². The Morgan fingerprint density at radius 1 is 1.35 bits per heavy atom. The fraction of sp³-hybridized carbons (Fsp3) is 0.385. The summed E-state index contributed by atoms with van der Waals surface area (Å²) >= 11 is 0. The highest BCUT2D eigenvalue weighted by Crippen LogP contribution is 2.26. The predicted octanol–water partition coefficient (Wildman–Crippen LogP) is 0.743. The molecule has 0 atom stereocenters. The Kier molecular flexibility index (Phi) is 6.48. The van der Waals surface area contributed by atoms with Gasteiger partial charge in [0, 0.05) is 7.11 Å². The van der Waals surface area contributed by atoms with E-state index in [0.29, 0.717) is 17.0 Å². The number of esters is 1. The van der Waals surface area contributed by atoms with Gasteiger partial charge in [-0.15, -0.1) is 0 Å². The van der Waals surface area contributed by atoms with Gasteiger partial charge >= 0.3 is 5.97 Å². The third kappa shape index (κ3) is 4.52. The number of nitrogens with two attached hydrogens (primary N) is 1. The summed E-state index contributed by atoms with van der Waals surface area (Å²) in [7, 11) is 1.47. The van der Waals surface area contributed by atoms with Crippen LogP contribution in [0.3, 0.4) is 0 Å². The van der Waals surface area contributed by atoms with Crippen LogP contribution in [0.15, 0.2) is 18.2 Å². The monoisotopic (exact) mass is 282 g/mol. The normalized spacial score (nSPS) is 9.95. The average Bonchev–Trinajstić information content (AvgIpc) is 2.46. The van der Waals surface area contributed by atoms with Crippen LogP contribution in [0.1, 0.15) is 17.3 Å². The van der Waals surface area contributed by atoms with Crippen LogP contribution in [0.5, 0.6) is 5.75 Å². The summed E-state index contributed by atoms with van der Waals surface area (Å²) < 4.78 is 15.0. The average molecular weight is 282 g/mol. The van der Waals surface area contributed by atoms with Crippen LogP contribution in [0.25, 0.3) is 0 Å². The molecule has 0 fully saturated rings. The summed E-state index contributed by atoms with van der Waals surface area (Å²) in [6, 6.07) is 4.55. The van der Waals surface area contributed by atoms with Crippen molar-refractivity contribution in [2.45, 2.75) is 6.92 Å². The number of carbonyl (C=O) groups excluding carboxylic acids is 2. The van der Waals surface area contributed by atoms with Gasteiger partial charge in [-0.1, -0.05) is 0 Å². The van der Waals surface area contributed by atoms with Crippen molar-refractivity contribution in [3.05, 3.63) is 23.8 Å². The quantitative estimate of drug-likeness (QED) is 0.565. The minimum atomic E-state index is -0.466. The first-order valence-corrected chi connectivity index (χ1v) is 6.05. The largest absolute Gasteiger partial charge is 0.465 e. The number of hydrogen-bond acceptors (Lipinski definition) is 6. The van der Waals surface area contributed by atoms with Crippen LogP contribution in [0, 0.1) is 0 Å². The molecule has 0 saturated heterocycles. The number of nitrogens with one attached hydrogen (secondary N) is 1. The molecule has 0 aliphatic carbocycles. The maximum absolute atomic E-state index is 11.6. The Morgan fingerprint density at radius 2 is 2.10 bits per heavy atom. The molecule has 0 saturated carbocycles. The van der Waals surface area contributed by atoms with Crippen molar-refractivity contribution in [1.29, 1.82) is 0 Å². The highest BCUT2D eigenvalue weighted by Gasteiger charge is 2.13. The van der Waals surface area contributed by atoms with Crippen LogP contribution >= 0.6 is 0 Å². The second-order valence-electron chi connectivity index (χ2n) is 3.73. The molecule has 0 radical (unpaired) electrons. The number of methoxy groups -OCH3 is 1. The summed E-state index contributed by atoms with van der Waals surface area (Å²) in [5.41, 5.74) is 5.97. The van der Waals surface area contributed by atoms with Gasteiger partial charge < -0.3 is 25.3 Å². The molecule has 0 spiro atoms. The molecule has 110 valence electrons. The predicted molar refractivity (Wildman–Crippen MR) is 72.6 cm³/mol. The molecule has 1 rings (SSSR count). The SMILES string of the molecule is CCOC(=O)c1ccc(NC(=O)CN)c(OCOC)c1.